The Hall–Kier alpha value is -2.96. The standard InChI is InChI=1S/C17H19N3O4/c1-4-24-17(23)12-7-5-6-8-13(12)18-16(22)14-9-10-15(21)20(19-14)11(2)3/h5-11H,4H2,1-3H3,(H,18,22). The summed E-state index contributed by atoms with van der Waals surface area (Å²) in [5.74, 6) is -1.03. The van der Waals surface area contributed by atoms with Crippen molar-refractivity contribution >= 4 is 17.6 Å². The second-order valence-corrected chi connectivity index (χ2v) is 5.32. The lowest BCUT2D eigenvalue weighted by Crippen LogP contribution is -2.27. The summed E-state index contributed by atoms with van der Waals surface area (Å²) in [4.78, 5) is 36.0. The zero-order valence-corrected chi connectivity index (χ0v) is 13.8. The molecule has 0 aliphatic heterocycles. The molecule has 2 aromatic rings. The van der Waals surface area contributed by atoms with Gasteiger partial charge in [-0.3, -0.25) is 9.59 Å². The minimum absolute atomic E-state index is 0.0851. The van der Waals surface area contributed by atoms with Crippen molar-refractivity contribution < 1.29 is 14.3 Å². The van der Waals surface area contributed by atoms with Crippen molar-refractivity contribution in [3.63, 3.8) is 0 Å². The molecule has 0 unspecified atom stereocenters. The summed E-state index contributed by atoms with van der Waals surface area (Å²) in [6.07, 6.45) is 0. The number of esters is 1. The minimum atomic E-state index is -0.520. The maximum absolute atomic E-state index is 12.4. The van der Waals surface area contributed by atoms with Crippen molar-refractivity contribution in [2.75, 3.05) is 11.9 Å². The molecule has 0 saturated heterocycles. The fourth-order valence-electron chi connectivity index (χ4n) is 2.08. The Balaban J connectivity index is 2.29. The number of amides is 1. The Labute approximate surface area is 139 Å². The number of carbonyl (C=O) groups excluding carboxylic acids is 2. The molecule has 0 aliphatic rings. The largest absolute Gasteiger partial charge is 0.462 e. The van der Waals surface area contributed by atoms with Crippen LogP contribution in [-0.4, -0.2) is 28.3 Å². The van der Waals surface area contributed by atoms with Gasteiger partial charge in [-0.1, -0.05) is 12.1 Å². The number of ether oxygens (including phenoxy) is 1. The zero-order valence-electron chi connectivity index (χ0n) is 13.8. The first-order chi connectivity index (χ1) is 11.4. The molecule has 1 aromatic carbocycles. The summed E-state index contributed by atoms with van der Waals surface area (Å²) < 4.78 is 6.20. The molecule has 7 nitrogen and oxygen atoms in total. The fourth-order valence-corrected chi connectivity index (χ4v) is 2.08. The van der Waals surface area contributed by atoms with Crippen molar-refractivity contribution in [1.29, 1.82) is 0 Å². The summed E-state index contributed by atoms with van der Waals surface area (Å²) >= 11 is 0. The molecule has 7 heteroatoms. The average Bonchev–Trinajstić information content (AvgIpc) is 2.55. The molecular formula is C17H19N3O4. The first kappa shape index (κ1) is 17.4. The Morgan fingerprint density at radius 2 is 1.92 bits per heavy atom. The topological polar surface area (TPSA) is 90.3 Å². The number of benzene rings is 1. The highest BCUT2D eigenvalue weighted by Gasteiger charge is 2.16. The van der Waals surface area contributed by atoms with Crippen LogP contribution in [0.15, 0.2) is 41.2 Å². The molecule has 126 valence electrons. The van der Waals surface area contributed by atoms with Crippen LogP contribution >= 0.6 is 0 Å². The van der Waals surface area contributed by atoms with Gasteiger partial charge in [0, 0.05) is 6.07 Å². The van der Waals surface area contributed by atoms with E-state index in [0.717, 1.165) is 0 Å². The number of aromatic nitrogens is 2. The average molecular weight is 329 g/mol. The number of carbonyl (C=O) groups is 2. The van der Waals surface area contributed by atoms with Gasteiger partial charge in [-0.25, -0.2) is 9.48 Å². The number of nitrogens with one attached hydrogen (secondary N) is 1. The van der Waals surface area contributed by atoms with Crippen LogP contribution in [0.25, 0.3) is 0 Å². The van der Waals surface area contributed by atoms with Crippen molar-refractivity contribution in [1.82, 2.24) is 9.78 Å². The van der Waals surface area contributed by atoms with E-state index in [1.54, 1.807) is 45.0 Å². The lowest BCUT2D eigenvalue weighted by molar-refractivity contribution is 0.0527. The lowest BCUT2D eigenvalue weighted by atomic mass is 10.1. The third-order valence-corrected chi connectivity index (χ3v) is 3.22. The molecule has 0 bridgehead atoms. The third-order valence-electron chi connectivity index (χ3n) is 3.22. The Morgan fingerprint density at radius 3 is 2.58 bits per heavy atom. The van der Waals surface area contributed by atoms with Gasteiger partial charge in [-0.15, -0.1) is 0 Å². The highest BCUT2D eigenvalue weighted by Crippen LogP contribution is 2.17. The van der Waals surface area contributed by atoms with Crippen LogP contribution < -0.4 is 10.9 Å². The van der Waals surface area contributed by atoms with Crippen LogP contribution in [0.5, 0.6) is 0 Å². The molecule has 0 aliphatic carbocycles. The predicted molar refractivity (Wildman–Crippen MR) is 89.2 cm³/mol. The molecule has 0 saturated carbocycles. The van der Waals surface area contributed by atoms with Gasteiger partial charge in [0.2, 0.25) is 0 Å². The lowest BCUT2D eigenvalue weighted by Gasteiger charge is -2.12. The molecule has 1 heterocycles. The Kier molecular flexibility index (Phi) is 5.47. The number of para-hydroxylation sites is 1. The number of hydrogen-bond donors (Lipinski definition) is 1. The van der Waals surface area contributed by atoms with Crippen LogP contribution in [0.2, 0.25) is 0 Å². The molecule has 1 N–H and O–H groups in total. The zero-order chi connectivity index (χ0) is 17.7. The maximum Gasteiger partial charge on any atom is 0.340 e. The van der Waals surface area contributed by atoms with E-state index in [1.807, 2.05) is 0 Å². The summed E-state index contributed by atoms with van der Waals surface area (Å²) in [6.45, 7) is 5.54. The molecule has 1 amide bonds. The van der Waals surface area contributed by atoms with Gasteiger partial charge < -0.3 is 10.1 Å². The van der Waals surface area contributed by atoms with Gasteiger partial charge in [0.05, 0.1) is 23.9 Å². The molecule has 0 atom stereocenters. The van der Waals surface area contributed by atoms with Gasteiger partial charge in [0.25, 0.3) is 11.5 Å². The monoisotopic (exact) mass is 329 g/mol. The van der Waals surface area contributed by atoms with Crippen molar-refractivity contribution in [3.05, 3.63) is 58.0 Å². The Morgan fingerprint density at radius 1 is 1.21 bits per heavy atom. The summed E-state index contributed by atoms with van der Waals surface area (Å²) in [7, 11) is 0. The molecule has 1 aromatic heterocycles. The summed E-state index contributed by atoms with van der Waals surface area (Å²) in [5.41, 5.74) is 0.380. The molecule has 0 fully saturated rings. The van der Waals surface area contributed by atoms with E-state index in [1.165, 1.54) is 16.8 Å². The number of nitrogens with zero attached hydrogens (tertiary/aromatic N) is 2. The van der Waals surface area contributed by atoms with Crippen LogP contribution in [-0.2, 0) is 4.74 Å². The van der Waals surface area contributed by atoms with Crippen LogP contribution in [0.3, 0.4) is 0 Å². The van der Waals surface area contributed by atoms with E-state index in [4.69, 9.17) is 4.74 Å². The van der Waals surface area contributed by atoms with Crippen molar-refractivity contribution in [3.8, 4) is 0 Å². The van der Waals surface area contributed by atoms with E-state index in [-0.39, 0.29) is 29.5 Å². The van der Waals surface area contributed by atoms with Crippen molar-refractivity contribution in [2.24, 2.45) is 0 Å². The SMILES string of the molecule is CCOC(=O)c1ccccc1NC(=O)c1ccc(=O)n(C(C)C)n1. The van der Waals surface area contributed by atoms with Gasteiger partial charge in [-0.05, 0) is 39.0 Å². The maximum atomic E-state index is 12.4. The third kappa shape index (κ3) is 3.87. The first-order valence-electron chi connectivity index (χ1n) is 7.61. The van der Waals surface area contributed by atoms with E-state index in [9.17, 15) is 14.4 Å². The second kappa shape index (κ2) is 7.54. The van der Waals surface area contributed by atoms with Crippen LogP contribution in [0, 0.1) is 0 Å². The van der Waals surface area contributed by atoms with Crippen LogP contribution in [0.1, 0.15) is 47.7 Å². The van der Waals surface area contributed by atoms with Gasteiger partial charge in [0.1, 0.15) is 5.69 Å². The minimum Gasteiger partial charge on any atom is -0.462 e. The quantitative estimate of drug-likeness (QED) is 0.850. The summed E-state index contributed by atoms with van der Waals surface area (Å²) in [6, 6.07) is 9.01. The molecule has 0 radical (unpaired) electrons. The fraction of sp³-hybridized carbons (Fsp3) is 0.294. The predicted octanol–water partition coefficient (Wildman–Crippen LogP) is 2.25. The Bertz CT molecular complexity index is 811. The van der Waals surface area contributed by atoms with E-state index in [2.05, 4.69) is 10.4 Å². The highest BCUT2D eigenvalue weighted by molar-refractivity contribution is 6.06. The van der Waals surface area contributed by atoms with E-state index < -0.39 is 11.9 Å². The van der Waals surface area contributed by atoms with E-state index in [0.29, 0.717) is 5.69 Å². The first-order valence-corrected chi connectivity index (χ1v) is 7.61. The number of hydrogen-bond acceptors (Lipinski definition) is 5. The number of rotatable bonds is 5. The van der Waals surface area contributed by atoms with Crippen molar-refractivity contribution in [2.45, 2.75) is 26.8 Å². The second-order valence-electron chi connectivity index (χ2n) is 5.32. The van der Waals surface area contributed by atoms with Gasteiger partial charge in [0.15, 0.2) is 0 Å². The smallest absolute Gasteiger partial charge is 0.340 e. The molecule has 2 rings (SSSR count). The van der Waals surface area contributed by atoms with E-state index >= 15 is 0 Å². The normalized spacial score (nSPS) is 10.5. The van der Waals surface area contributed by atoms with Gasteiger partial charge >= 0.3 is 5.97 Å². The highest BCUT2D eigenvalue weighted by atomic mass is 16.5. The summed E-state index contributed by atoms with van der Waals surface area (Å²) in [5, 5.41) is 6.69. The van der Waals surface area contributed by atoms with Crippen LogP contribution in [0.4, 0.5) is 5.69 Å². The molecule has 0 spiro atoms. The number of anilines is 1. The molecule has 24 heavy (non-hydrogen) atoms. The molecular weight excluding hydrogens is 310 g/mol. The van der Waals surface area contributed by atoms with Gasteiger partial charge in [-0.2, -0.15) is 5.10 Å².